The third-order valence-corrected chi connectivity index (χ3v) is 4.58. The number of nitrogens with two attached hydrogens (primary N) is 1. The first-order chi connectivity index (χ1) is 7.38. The Morgan fingerprint density at radius 2 is 1.81 bits per heavy atom. The molecule has 16 heavy (non-hydrogen) atoms. The lowest BCUT2D eigenvalue weighted by Crippen LogP contribution is -2.45. The Balaban J connectivity index is 1.85. The molecule has 94 valence electrons. The van der Waals surface area contributed by atoms with Crippen molar-refractivity contribution in [3.8, 4) is 0 Å². The van der Waals surface area contributed by atoms with E-state index < -0.39 is 0 Å². The first-order valence-electron chi connectivity index (χ1n) is 7.17. The summed E-state index contributed by atoms with van der Waals surface area (Å²) in [7, 11) is 0. The fourth-order valence-corrected chi connectivity index (χ4v) is 3.26. The van der Waals surface area contributed by atoms with Crippen molar-refractivity contribution in [1.29, 1.82) is 0 Å². The first-order valence-corrected chi connectivity index (χ1v) is 7.17. The highest BCUT2D eigenvalue weighted by atomic mass is 14.8. The maximum absolute atomic E-state index is 6.62. The largest absolute Gasteiger partial charge is 0.325 e. The quantitative estimate of drug-likeness (QED) is 0.765. The van der Waals surface area contributed by atoms with Crippen molar-refractivity contribution < 1.29 is 0 Å². The highest BCUT2D eigenvalue weighted by Crippen LogP contribution is 2.47. The Hall–Kier alpha value is -0.0400. The summed E-state index contributed by atoms with van der Waals surface area (Å²) in [6.45, 7) is 6.99. The molecule has 0 radical (unpaired) electrons. The van der Waals surface area contributed by atoms with E-state index in [0.29, 0.717) is 5.41 Å². The Labute approximate surface area is 101 Å². The minimum absolute atomic E-state index is 0.179. The second-order valence-electron chi connectivity index (χ2n) is 7.62. The minimum Gasteiger partial charge on any atom is -0.325 e. The van der Waals surface area contributed by atoms with Gasteiger partial charge in [-0.1, -0.05) is 33.6 Å². The van der Waals surface area contributed by atoms with Gasteiger partial charge in [0.05, 0.1) is 0 Å². The fraction of sp³-hybridized carbons (Fsp3) is 1.00. The van der Waals surface area contributed by atoms with Crippen LogP contribution in [0.3, 0.4) is 0 Å². The molecule has 0 amide bonds. The van der Waals surface area contributed by atoms with Gasteiger partial charge in [0.1, 0.15) is 0 Å². The molecule has 2 rings (SSSR count). The lowest BCUT2D eigenvalue weighted by Gasteiger charge is -2.40. The maximum Gasteiger partial charge on any atom is 0.0157 e. The van der Waals surface area contributed by atoms with Crippen molar-refractivity contribution in [3.63, 3.8) is 0 Å². The van der Waals surface area contributed by atoms with Crippen LogP contribution < -0.4 is 5.73 Å². The zero-order valence-electron chi connectivity index (χ0n) is 11.4. The van der Waals surface area contributed by atoms with Crippen molar-refractivity contribution in [2.75, 3.05) is 0 Å². The van der Waals surface area contributed by atoms with E-state index in [1.165, 1.54) is 51.4 Å². The molecule has 0 spiro atoms. The molecule has 0 aromatic carbocycles. The second kappa shape index (κ2) is 4.33. The normalized spacial score (nSPS) is 36.4. The summed E-state index contributed by atoms with van der Waals surface area (Å²) in [5.41, 5.74) is 7.24. The van der Waals surface area contributed by atoms with E-state index in [0.717, 1.165) is 11.8 Å². The van der Waals surface area contributed by atoms with Gasteiger partial charge in [0, 0.05) is 5.54 Å². The Bertz CT molecular complexity index is 236. The van der Waals surface area contributed by atoms with Crippen LogP contribution in [0.15, 0.2) is 0 Å². The molecule has 2 saturated carbocycles. The summed E-state index contributed by atoms with van der Waals surface area (Å²) >= 11 is 0. The van der Waals surface area contributed by atoms with Crippen molar-refractivity contribution in [2.45, 2.75) is 77.7 Å². The van der Waals surface area contributed by atoms with Crippen LogP contribution in [0.4, 0.5) is 0 Å². The van der Waals surface area contributed by atoms with Gasteiger partial charge < -0.3 is 5.73 Å². The molecule has 2 fully saturated rings. The van der Waals surface area contributed by atoms with Crippen molar-refractivity contribution in [1.82, 2.24) is 0 Å². The molecule has 2 aliphatic rings. The van der Waals surface area contributed by atoms with Gasteiger partial charge in [-0.2, -0.15) is 0 Å². The smallest absolute Gasteiger partial charge is 0.0157 e. The van der Waals surface area contributed by atoms with Gasteiger partial charge in [-0.05, 0) is 55.8 Å². The van der Waals surface area contributed by atoms with Gasteiger partial charge in [-0.15, -0.1) is 0 Å². The van der Waals surface area contributed by atoms with Crippen molar-refractivity contribution in [2.24, 2.45) is 23.0 Å². The van der Waals surface area contributed by atoms with Crippen LogP contribution in [0.1, 0.15) is 72.1 Å². The third-order valence-electron chi connectivity index (χ3n) is 4.58. The lowest BCUT2D eigenvalue weighted by molar-refractivity contribution is 0.174. The average Bonchev–Trinajstić information content (AvgIpc) is 2.97. The second-order valence-corrected chi connectivity index (χ2v) is 7.62. The highest BCUT2D eigenvalue weighted by molar-refractivity contribution is 4.95. The van der Waals surface area contributed by atoms with Crippen molar-refractivity contribution >= 4 is 0 Å². The molecule has 2 aliphatic carbocycles. The number of hydrogen-bond acceptors (Lipinski definition) is 1. The predicted molar refractivity (Wildman–Crippen MR) is 70.3 cm³/mol. The molecule has 2 N–H and O–H groups in total. The van der Waals surface area contributed by atoms with Crippen LogP contribution >= 0.6 is 0 Å². The van der Waals surface area contributed by atoms with E-state index in [2.05, 4.69) is 20.8 Å². The van der Waals surface area contributed by atoms with Crippen LogP contribution in [-0.2, 0) is 0 Å². The predicted octanol–water partition coefficient (Wildman–Crippen LogP) is 4.11. The summed E-state index contributed by atoms with van der Waals surface area (Å²) in [5, 5.41) is 0. The molecular weight excluding hydrogens is 194 g/mol. The van der Waals surface area contributed by atoms with Crippen LogP contribution in [0.2, 0.25) is 0 Å². The Morgan fingerprint density at radius 3 is 2.38 bits per heavy atom. The van der Waals surface area contributed by atoms with Gasteiger partial charge in [-0.25, -0.2) is 0 Å². The van der Waals surface area contributed by atoms with Crippen LogP contribution in [0.5, 0.6) is 0 Å². The van der Waals surface area contributed by atoms with Crippen molar-refractivity contribution in [3.05, 3.63) is 0 Å². The third kappa shape index (κ3) is 3.48. The maximum atomic E-state index is 6.62. The van der Waals surface area contributed by atoms with E-state index in [1.807, 2.05) is 0 Å². The van der Waals surface area contributed by atoms with Gasteiger partial charge in [0.25, 0.3) is 0 Å². The van der Waals surface area contributed by atoms with Gasteiger partial charge >= 0.3 is 0 Å². The SMILES string of the molecule is CC(C)(C)CCC1(N)CCCC(C2CC2)C1. The molecule has 0 aromatic heterocycles. The Morgan fingerprint density at radius 1 is 1.12 bits per heavy atom. The standard InChI is InChI=1S/C15H29N/c1-14(2,3)9-10-15(16)8-4-5-13(11-15)12-6-7-12/h12-13H,4-11,16H2,1-3H3. The molecule has 1 heteroatoms. The monoisotopic (exact) mass is 223 g/mol. The molecule has 0 saturated heterocycles. The van der Waals surface area contributed by atoms with Crippen LogP contribution in [0, 0.1) is 17.3 Å². The van der Waals surface area contributed by atoms with Gasteiger partial charge in [0.2, 0.25) is 0 Å². The molecule has 0 bridgehead atoms. The van der Waals surface area contributed by atoms with Gasteiger partial charge in [-0.3, -0.25) is 0 Å². The number of hydrogen-bond donors (Lipinski definition) is 1. The molecule has 2 unspecified atom stereocenters. The number of rotatable bonds is 3. The molecule has 0 aromatic rings. The lowest BCUT2D eigenvalue weighted by atomic mass is 9.70. The topological polar surface area (TPSA) is 26.0 Å². The molecular formula is C15H29N. The Kier molecular flexibility index (Phi) is 3.36. The van der Waals surface area contributed by atoms with E-state index >= 15 is 0 Å². The molecule has 0 heterocycles. The summed E-state index contributed by atoms with van der Waals surface area (Å²) < 4.78 is 0. The van der Waals surface area contributed by atoms with E-state index in [9.17, 15) is 0 Å². The van der Waals surface area contributed by atoms with Crippen LogP contribution in [0.25, 0.3) is 0 Å². The summed E-state index contributed by atoms with van der Waals surface area (Å²) in [5.74, 6) is 2.02. The summed E-state index contributed by atoms with van der Waals surface area (Å²) in [6, 6.07) is 0. The molecule has 2 atom stereocenters. The zero-order chi connectivity index (χ0) is 11.8. The first kappa shape index (κ1) is 12.4. The minimum atomic E-state index is 0.179. The summed E-state index contributed by atoms with van der Waals surface area (Å²) in [6.07, 6.45) is 10.9. The van der Waals surface area contributed by atoms with Crippen LogP contribution in [-0.4, -0.2) is 5.54 Å². The average molecular weight is 223 g/mol. The van der Waals surface area contributed by atoms with E-state index in [1.54, 1.807) is 0 Å². The highest BCUT2D eigenvalue weighted by Gasteiger charge is 2.40. The summed E-state index contributed by atoms with van der Waals surface area (Å²) in [4.78, 5) is 0. The fourth-order valence-electron chi connectivity index (χ4n) is 3.26. The molecule has 0 aliphatic heterocycles. The van der Waals surface area contributed by atoms with E-state index in [-0.39, 0.29) is 5.54 Å². The molecule has 1 nitrogen and oxygen atoms in total. The van der Waals surface area contributed by atoms with E-state index in [4.69, 9.17) is 5.73 Å². The zero-order valence-corrected chi connectivity index (χ0v) is 11.4. The van der Waals surface area contributed by atoms with Gasteiger partial charge in [0.15, 0.2) is 0 Å².